The molecular formula is C20H16BrN5O2. The molecule has 1 saturated carbocycles. The van der Waals surface area contributed by atoms with Gasteiger partial charge < -0.3 is 15.1 Å². The lowest BCUT2D eigenvalue weighted by atomic mass is 10.1. The van der Waals surface area contributed by atoms with Gasteiger partial charge in [0.05, 0.1) is 5.56 Å². The van der Waals surface area contributed by atoms with Gasteiger partial charge >= 0.3 is 0 Å². The molecule has 2 N–H and O–H groups in total. The molecule has 0 bridgehead atoms. The molecule has 0 atom stereocenters. The summed E-state index contributed by atoms with van der Waals surface area (Å²) in [6, 6.07) is 7.54. The average Bonchev–Trinajstić information content (AvgIpc) is 3.47. The summed E-state index contributed by atoms with van der Waals surface area (Å²) in [5.41, 5.74) is 2.19. The standard InChI is InChI=1S/C20H16BrN5O2/c1-22-18-13-8-23-17(26-19(27)10-2-3-10)7-12(13)14(9-24-18)20-25-15-5-4-11(21)6-16(15)28-20/h4-10H,2-3H2,1H3,(H,22,24)(H,23,26,27). The Morgan fingerprint density at radius 2 is 2.04 bits per heavy atom. The van der Waals surface area contributed by atoms with Crippen LogP contribution in [0, 0.1) is 5.92 Å². The number of aromatic nitrogens is 3. The van der Waals surface area contributed by atoms with E-state index in [1.54, 1.807) is 19.4 Å². The first-order chi connectivity index (χ1) is 13.6. The lowest BCUT2D eigenvalue weighted by Gasteiger charge is -2.10. The molecule has 8 heteroatoms. The van der Waals surface area contributed by atoms with Gasteiger partial charge in [-0.15, -0.1) is 0 Å². The van der Waals surface area contributed by atoms with Crippen molar-refractivity contribution in [3.63, 3.8) is 0 Å². The van der Waals surface area contributed by atoms with Crippen LogP contribution in [0.3, 0.4) is 0 Å². The van der Waals surface area contributed by atoms with Crippen LogP contribution in [0.1, 0.15) is 12.8 Å². The van der Waals surface area contributed by atoms with E-state index in [1.807, 2.05) is 24.3 Å². The molecule has 0 spiro atoms. The molecule has 1 aromatic carbocycles. The number of hydrogen-bond acceptors (Lipinski definition) is 6. The normalized spacial score (nSPS) is 13.8. The molecule has 0 unspecified atom stereocenters. The zero-order valence-electron chi connectivity index (χ0n) is 15.0. The average molecular weight is 438 g/mol. The van der Waals surface area contributed by atoms with Crippen molar-refractivity contribution < 1.29 is 9.21 Å². The number of halogens is 1. The van der Waals surface area contributed by atoms with E-state index >= 15 is 0 Å². The first kappa shape index (κ1) is 17.1. The zero-order chi connectivity index (χ0) is 19.3. The van der Waals surface area contributed by atoms with Gasteiger partial charge in [-0.2, -0.15) is 0 Å². The number of fused-ring (bicyclic) bond motifs is 2. The first-order valence-electron chi connectivity index (χ1n) is 8.96. The van der Waals surface area contributed by atoms with Gasteiger partial charge in [-0.1, -0.05) is 15.9 Å². The predicted octanol–water partition coefficient (Wildman–Crippen LogP) is 4.59. The highest BCUT2D eigenvalue weighted by atomic mass is 79.9. The zero-order valence-corrected chi connectivity index (χ0v) is 16.6. The van der Waals surface area contributed by atoms with Crippen LogP contribution in [0.4, 0.5) is 11.6 Å². The molecule has 1 aliphatic carbocycles. The third kappa shape index (κ3) is 2.99. The number of nitrogens with one attached hydrogen (secondary N) is 2. The van der Waals surface area contributed by atoms with Gasteiger partial charge in [-0.25, -0.2) is 15.0 Å². The van der Waals surface area contributed by atoms with E-state index in [1.165, 1.54) is 0 Å². The third-order valence-corrected chi connectivity index (χ3v) is 5.28. The van der Waals surface area contributed by atoms with Crippen LogP contribution in [0.25, 0.3) is 33.3 Å². The Hall–Kier alpha value is -3.00. The van der Waals surface area contributed by atoms with Crippen molar-refractivity contribution in [1.82, 2.24) is 15.0 Å². The van der Waals surface area contributed by atoms with Crippen molar-refractivity contribution in [2.24, 2.45) is 5.92 Å². The molecule has 0 radical (unpaired) electrons. The van der Waals surface area contributed by atoms with Gasteiger partial charge in [0.25, 0.3) is 0 Å². The second kappa shape index (κ2) is 6.56. The van der Waals surface area contributed by atoms with Gasteiger partial charge in [-0.3, -0.25) is 4.79 Å². The van der Waals surface area contributed by atoms with Crippen molar-refractivity contribution in [3.05, 3.63) is 41.1 Å². The molecule has 7 nitrogen and oxygen atoms in total. The fourth-order valence-electron chi connectivity index (χ4n) is 3.16. The number of benzene rings is 1. The van der Waals surface area contributed by atoms with Gasteiger partial charge in [-0.05, 0) is 37.1 Å². The molecule has 0 saturated heterocycles. The van der Waals surface area contributed by atoms with E-state index < -0.39 is 0 Å². The number of oxazole rings is 1. The maximum Gasteiger partial charge on any atom is 0.229 e. The maximum absolute atomic E-state index is 12.1. The smallest absolute Gasteiger partial charge is 0.229 e. The Bertz CT molecular complexity index is 1230. The van der Waals surface area contributed by atoms with E-state index in [2.05, 4.69) is 41.5 Å². The summed E-state index contributed by atoms with van der Waals surface area (Å²) in [5.74, 6) is 1.81. The highest BCUT2D eigenvalue weighted by Crippen LogP contribution is 2.35. The number of carbonyl (C=O) groups excluding carboxylic acids is 1. The second-order valence-corrected chi connectivity index (χ2v) is 7.70. The SMILES string of the molecule is CNc1ncc(-c2nc3ccc(Br)cc3o2)c2cc(NC(=O)C3CC3)ncc12. The molecule has 3 heterocycles. The highest BCUT2D eigenvalue weighted by molar-refractivity contribution is 9.10. The summed E-state index contributed by atoms with van der Waals surface area (Å²) < 4.78 is 6.90. The second-order valence-electron chi connectivity index (χ2n) is 6.78. The monoisotopic (exact) mass is 437 g/mol. The number of nitrogens with zero attached hydrogens (tertiary/aromatic N) is 3. The van der Waals surface area contributed by atoms with Crippen LogP contribution in [0.2, 0.25) is 0 Å². The number of amides is 1. The van der Waals surface area contributed by atoms with Crippen molar-refractivity contribution >= 4 is 55.3 Å². The molecule has 140 valence electrons. The first-order valence-corrected chi connectivity index (χ1v) is 9.75. The molecule has 4 aromatic rings. The largest absolute Gasteiger partial charge is 0.436 e. The summed E-state index contributed by atoms with van der Waals surface area (Å²) >= 11 is 3.45. The lowest BCUT2D eigenvalue weighted by Crippen LogP contribution is -2.14. The molecule has 3 aromatic heterocycles. The minimum atomic E-state index is 0.0167. The molecule has 0 aliphatic heterocycles. The number of rotatable bonds is 4. The summed E-state index contributed by atoms with van der Waals surface area (Å²) in [6.07, 6.45) is 5.31. The Balaban J connectivity index is 1.66. The summed E-state index contributed by atoms with van der Waals surface area (Å²) in [6.45, 7) is 0. The number of carbonyl (C=O) groups is 1. The van der Waals surface area contributed by atoms with Crippen LogP contribution in [0.15, 0.2) is 45.5 Å². The quantitative estimate of drug-likeness (QED) is 0.484. The van der Waals surface area contributed by atoms with E-state index in [0.717, 1.165) is 39.2 Å². The van der Waals surface area contributed by atoms with Crippen LogP contribution >= 0.6 is 15.9 Å². The van der Waals surface area contributed by atoms with Gasteiger partial charge in [0.2, 0.25) is 11.8 Å². The van der Waals surface area contributed by atoms with Crippen LogP contribution < -0.4 is 10.6 Å². The Kier molecular flexibility index (Phi) is 4.01. The molecule has 1 aliphatic rings. The Labute approximate surface area is 168 Å². The predicted molar refractivity (Wildman–Crippen MR) is 111 cm³/mol. The molecule has 5 rings (SSSR count). The molecule has 1 fully saturated rings. The highest BCUT2D eigenvalue weighted by Gasteiger charge is 2.30. The van der Waals surface area contributed by atoms with Crippen molar-refractivity contribution in [3.8, 4) is 11.5 Å². The Morgan fingerprint density at radius 3 is 2.82 bits per heavy atom. The molecule has 1 amide bonds. The number of anilines is 2. The van der Waals surface area contributed by atoms with Crippen LogP contribution in [0.5, 0.6) is 0 Å². The minimum Gasteiger partial charge on any atom is -0.436 e. The van der Waals surface area contributed by atoms with Gasteiger partial charge in [0, 0.05) is 40.6 Å². The fourth-order valence-corrected chi connectivity index (χ4v) is 3.50. The van der Waals surface area contributed by atoms with Crippen molar-refractivity contribution in [1.29, 1.82) is 0 Å². The van der Waals surface area contributed by atoms with Crippen LogP contribution in [-0.2, 0) is 4.79 Å². The Morgan fingerprint density at radius 1 is 1.18 bits per heavy atom. The lowest BCUT2D eigenvalue weighted by molar-refractivity contribution is -0.117. The van der Waals surface area contributed by atoms with E-state index in [4.69, 9.17) is 4.42 Å². The van der Waals surface area contributed by atoms with Gasteiger partial charge in [0.1, 0.15) is 17.2 Å². The summed E-state index contributed by atoms with van der Waals surface area (Å²) in [4.78, 5) is 25.6. The van der Waals surface area contributed by atoms with Crippen molar-refractivity contribution in [2.45, 2.75) is 12.8 Å². The van der Waals surface area contributed by atoms with E-state index in [-0.39, 0.29) is 11.8 Å². The van der Waals surface area contributed by atoms with Gasteiger partial charge in [0.15, 0.2) is 5.58 Å². The fraction of sp³-hybridized carbons (Fsp3) is 0.200. The minimum absolute atomic E-state index is 0.0167. The van der Waals surface area contributed by atoms with Crippen LogP contribution in [-0.4, -0.2) is 27.9 Å². The van der Waals surface area contributed by atoms with E-state index in [9.17, 15) is 4.79 Å². The summed E-state index contributed by atoms with van der Waals surface area (Å²) in [7, 11) is 1.81. The maximum atomic E-state index is 12.1. The van der Waals surface area contributed by atoms with Crippen molar-refractivity contribution in [2.75, 3.05) is 17.7 Å². The molecule has 28 heavy (non-hydrogen) atoms. The summed E-state index contributed by atoms with van der Waals surface area (Å²) in [5, 5.41) is 7.65. The number of pyridine rings is 2. The topological polar surface area (TPSA) is 92.9 Å². The number of hydrogen-bond donors (Lipinski definition) is 2. The molecular weight excluding hydrogens is 422 g/mol. The third-order valence-electron chi connectivity index (χ3n) is 4.79. The van der Waals surface area contributed by atoms with E-state index in [0.29, 0.717) is 23.1 Å².